The molecule has 0 aromatic heterocycles. The monoisotopic (exact) mass is 733 g/mol. The Morgan fingerprint density at radius 2 is 1.98 bits per heavy atom. The number of morpholine rings is 1. The summed E-state index contributed by atoms with van der Waals surface area (Å²) >= 11 is 0. The zero-order chi connectivity index (χ0) is 37.7. The van der Waals surface area contributed by atoms with Gasteiger partial charge >= 0.3 is 5.97 Å². The number of nitrogens with zero attached hydrogens (tertiary/aromatic N) is 4. The van der Waals surface area contributed by atoms with Gasteiger partial charge in [-0.25, -0.2) is 9.79 Å². The fourth-order valence-corrected chi connectivity index (χ4v) is 10.1. The number of fused-ring (bicyclic) bond motifs is 1. The van der Waals surface area contributed by atoms with Gasteiger partial charge < -0.3 is 39.7 Å². The van der Waals surface area contributed by atoms with Crippen LogP contribution in [0.2, 0.25) is 0 Å². The van der Waals surface area contributed by atoms with Crippen molar-refractivity contribution < 1.29 is 39.1 Å². The summed E-state index contributed by atoms with van der Waals surface area (Å²) < 4.78 is 18.2. The van der Waals surface area contributed by atoms with Crippen molar-refractivity contribution in [2.75, 3.05) is 65.1 Å². The number of allylic oxidation sites excluding steroid dienone is 1. The van der Waals surface area contributed by atoms with E-state index in [9.17, 15) is 24.9 Å². The molecule has 4 heterocycles. The highest BCUT2D eigenvalue weighted by Gasteiger charge is 2.71. The summed E-state index contributed by atoms with van der Waals surface area (Å²) in [5.41, 5.74) is 0.127. The lowest BCUT2D eigenvalue weighted by Gasteiger charge is -2.64. The van der Waals surface area contributed by atoms with E-state index in [1.807, 2.05) is 38.9 Å². The highest BCUT2D eigenvalue weighted by atomic mass is 16.6. The largest absolute Gasteiger partial charge is 0.507 e. The van der Waals surface area contributed by atoms with E-state index in [1.54, 1.807) is 30.5 Å². The lowest BCUT2D eigenvalue weighted by atomic mass is 9.43. The fraction of sp³-hybridized carbons (Fsp3) is 0.650. The van der Waals surface area contributed by atoms with Crippen molar-refractivity contribution >= 4 is 35.6 Å². The predicted octanol–water partition coefficient (Wildman–Crippen LogP) is 2.73. The van der Waals surface area contributed by atoms with E-state index in [4.69, 9.17) is 14.2 Å². The van der Waals surface area contributed by atoms with Crippen LogP contribution in [0.3, 0.4) is 0 Å². The van der Waals surface area contributed by atoms with Crippen LogP contribution in [0.15, 0.2) is 45.6 Å². The van der Waals surface area contributed by atoms with Crippen LogP contribution >= 0.6 is 0 Å². The van der Waals surface area contributed by atoms with E-state index in [-0.39, 0.29) is 47.9 Å². The van der Waals surface area contributed by atoms with Gasteiger partial charge in [0.25, 0.3) is 0 Å². The molecule has 4 aliphatic heterocycles. The number of esters is 1. The Morgan fingerprint density at radius 3 is 2.62 bits per heavy atom. The number of ether oxygens (including phenoxy) is 3. The smallest absolute Gasteiger partial charge is 0.341 e. The molecular weight excluding hydrogens is 678 g/mol. The lowest BCUT2D eigenvalue weighted by molar-refractivity contribution is -0.197. The molecule has 2 saturated heterocycles. The van der Waals surface area contributed by atoms with Gasteiger partial charge in [0, 0.05) is 68.2 Å². The molecule has 9 atom stereocenters. The molecule has 6 unspecified atom stereocenters. The van der Waals surface area contributed by atoms with E-state index in [2.05, 4.69) is 27.1 Å². The van der Waals surface area contributed by atoms with Crippen molar-refractivity contribution in [3.05, 3.63) is 41.2 Å². The van der Waals surface area contributed by atoms with Gasteiger partial charge in [-0.05, 0) is 74.1 Å². The summed E-state index contributed by atoms with van der Waals surface area (Å²) in [5.74, 6) is 0.0952. The van der Waals surface area contributed by atoms with E-state index < -0.39 is 35.2 Å². The van der Waals surface area contributed by atoms with Crippen molar-refractivity contribution in [2.45, 2.75) is 82.7 Å². The number of phenolic OH excluding ortho intramolecular Hbond substituents is 1. The number of hydrogen-bond donors (Lipinski definition) is 4. The number of aromatic hydroxyl groups is 1. The fourth-order valence-electron chi connectivity index (χ4n) is 10.1. The van der Waals surface area contributed by atoms with Crippen molar-refractivity contribution in [1.82, 2.24) is 10.2 Å². The van der Waals surface area contributed by atoms with Crippen LogP contribution < -0.4 is 10.2 Å². The average Bonchev–Trinajstić information content (AvgIpc) is 3.56. The number of nitrogens with one attached hydrogen (secondary N) is 1. The van der Waals surface area contributed by atoms with Gasteiger partial charge in [0.1, 0.15) is 22.9 Å². The Balaban J connectivity index is 1.27. The molecule has 4 N–H and O–H groups in total. The van der Waals surface area contributed by atoms with E-state index in [0.717, 1.165) is 31.6 Å². The molecule has 4 fully saturated rings. The molecular formula is C40H55N5O8. The second-order valence-corrected chi connectivity index (χ2v) is 16.5. The number of ketones is 1. The number of cyclic esters (lactones) is 1. The van der Waals surface area contributed by atoms with Crippen molar-refractivity contribution in [2.24, 2.45) is 32.7 Å². The molecule has 0 bridgehead atoms. The van der Waals surface area contributed by atoms with E-state index in [1.165, 1.54) is 0 Å². The number of aliphatic hydroxyl groups is 2. The summed E-state index contributed by atoms with van der Waals surface area (Å²) in [4.78, 5) is 40.4. The second-order valence-electron chi connectivity index (χ2n) is 16.5. The van der Waals surface area contributed by atoms with Gasteiger partial charge in [-0.3, -0.25) is 14.7 Å². The molecule has 53 heavy (non-hydrogen) atoms. The first kappa shape index (κ1) is 37.8. The number of amidine groups is 1. The molecule has 1 spiro atoms. The van der Waals surface area contributed by atoms with E-state index >= 15 is 0 Å². The minimum absolute atomic E-state index is 0.0247. The number of aliphatic imine (C=N–C) groups is 2. The van der Waals surface area contributed by atoms with Crippen LogP contribution in [0.1, 0.15) is 58.4 Å². The SMILES string of the molecule is CC(NC(CC1C2(CO2)C(N2CCOCC2)CC2[C@]1(C)CC[C@@H](O)[C@@]2(C)CO)C1=C/C(=C\c2ccc(N(C)C)cc2O)OC1=O)C(=O)CC1=NCC=N1. The molecule has 13 nitrogen and oxygen atoms in total. The van der Waals surface area contributed by atoms with Crippen LogP contribution in [0, 0.1) is 22.7 Å². The number of anilines is 1. The Hall–Kier alpha value is -3.46. The van der Waals surface area contributed by atoms with Gasteiger partial charge in [0.05, 0.1) is 57.1 Å². The quantitative estimate of drug-likeness (QED) is 0.184. The normalized spacial score (nSPS) is 35.8. The third-order valence-corrected chi connectivity index (χ3v) is 13.3. The number of rotatable bonds is 12. The van der Waals surface area contributed by atoms with Crippen LogP contribution in [0.4, 0.5) is 5.69 Å². The topological polar surface area (TPSA) is 169 Å². The lowest BCUT2D eigenvalue weighted by Crippen LogP contribution is -2.68. The maximum absolute atomic E-state index is 13.9. The first-order valence-corrected chi connectivity index (χ1v) is 19.0. The number of phenols is 1. The average molecular weight is 734 g/mol. The van der Waals surface area contributed by atoms with Gasteiger partial charge in [-0.15, -0.1) is 0 Å². The van der Waals surface area contributed by atoms with Gasteiger partial charge in [-0.2, -0.15) is 0 Å². The van der Waals surface area contributed by atoms with Crippen molar-refractivity contribution in [3.63, 3.8) is 0 Å². The molecule has 1 aromatic rings. The number of Topliss-reactive ketones (excluding diaryl/α,β-unsaturated/α-hetero) is 1. The number of carbonyl (C=O) groups excluding carboxylic acids is 2. The molecule has 7 rings (SSSR count). The van der Waals surface area contributed by atoms with Crippen LogP contribution in [-0.4, -0.2) is 134 Å². The maximum atomic E-state index is 13.9. The standard InChI is InChI=1S/C40H55N5O8/c1-24(30(47)20-36-41-10-11-42-36)43-29(28-18-27(53-37(28)50)16-25-6-7-26(44(4)5)17-31(25)48)19-33-38(2)9-8-35(49)39(3,22-46)32(38)21-34(40(33)23-52-40)45-12-14-51-15-13-45/h6-7,10,16-18,24,29,32-35,43,46,48-49H,8-9,11-15,19-23H2,1-5H3/b27-16+/t24?,29?,32?,33?,34?,35-,38+,39+,40?/m1/s1. The molecule has 2 saturated carbocycles. The second kappa shape index (κ2) is 14.6. The van der Waals surface area contributed by atoms with Crippen LogP contribution in [-0.2, 0) is 23.8 Å². The minimum atomic E-state index is -0.730. The number of benzene rings is 1. The summed E-state index contributed by atoms with van der Waals surface area (Å²) in [6.45, 7) is 9.75. The Kier molecular flexibility index (Phi) is 10.5. The first-order valence-electron chi connectivity index (χ1n) is 19.0. The number of epoxide rings is 1. The van der Waals surface area contributed by atoms with Crippen LogP contribution in [0.5, 0.6) is 5.75 Å². The van der Waals surface area contributed by atoms with Gasteiger partial charge in [-0.1, -0.05) is 13.8 Å². The number of carbonyl (C=O) groups is 2. The molecule has 0 amide bonds. The summed E-state index contributed by atoms with van der Waals surface area (Å²) in [7, 11) is 3.78. The summed E-state index contributed by atoms with van der Waals surface area (Å²) in [6.07, 6.45) is 6.98. The Morgan fingerprint density at radius 1 is 1.23 bits per heavy atom. The van der Waals surface area contributed by atoms with Crippen LogP contribution in [0.25, 0.3) is 6.08 Å². The highest BCUT2D eigenvalue weighted by Crippen LogP contribution is 2.67. The highest BCUT2D eigenvalue weighted by molar-refractivity contribution is 6.07. The molecule has 2 aliphatic carbocycles. The third-order valence-electron chi connectivity index (χ3n) is 13.3. The molecule has 1 aromatic carbocycles. The Labute approximate surface area is 311 Å². The first-order chi connectivity index (χ1) is 25.3. The predicted molar refractivity (Wildman–Crippen MR) is 201 cm³/mol. The van der Waals surface area contributed by atoms with Gasteiger partial charge in [0.15, 0.2) is 5.78 Å². The summed E-state index contributed by atoms with van der Waals surface area (Å²) in [5, 5.41) is 36.7. The Bertz CT molecular complexity index is 1710. The molecule has 288 valence electrons. The maximum Gasteiger partial charge on any atom is 0.341 e. The van der Waals surface area contributed by atoms with Crippen molar-refractivity contribution in [1.29, 1.82) is 0 Å². The molecule has 6 aliphatic rings. The molecule has 0 radical (unpaired) electrons. The van der Waals surface area contributed by atoms with Crippen molar-refractivity contribution in [3.8, 4) is 5.75 Å². The summed E-state index contributed by atoms with van der Waals surface area (Å²) in [6, 6.07) is 4.09. The minimum Gasteiger partial charge on any atom is -0.507 e. The zero-order valence-corrected chi connectivity index (χ0v) is 31.6. The molecule has 13 heteroatoms. The zero-order valence-electron chi connectivity index (χ0n) is 31.6. The third kappa shape index (κ3) is 7.00. The number of aliphatic hydroxyl groups excluding tert-OH is 2. The van der Waals surface area contributed by atoms with Gasteiger partial charge in [0.2, 0.25) is 0 Å². The van der Waals surface area contributed by atoms with E-state index in [0.29, 0.717) is 61.9 Å². The number of hydrogen-bond acceptors (Lipinski definition) is 13.